The zero-order valence-corrected chi connectivity index (χ0v) is 22.4. The van der Waals surface area contributed by atoms with Crippen molar-refractivity contribution < 1.29 is 13.9 Å². The molecule has 1 aliphatic heterocycles. The van der Waals surface area contributed by atoms with Crippen LogP contribution in [-0.2, 0) is 22.2 Å². The summed E-state index contributed by atoms with van der Waals surface area (Å²) in [5, 5.41) is 11.8. The number of nitrogens with two attached hydrogens (primary N) is 1. The maximum absolute atomic E-state index is 6.22. The van der Waals surface area contributed by atoms with Crippen LogP contribution in [0.25, 0.3) is 11.5 Å². The molecule has 0 amide bonds. The van der Waals surface area contributed by atoms with E-state index in [1.54, 1.807) is 0 Å². The van der Waals surface area contributed by atoms with Gasteiger partial charge >= 0.3 is 0 Å². The van der Waals surface area contributed by atoms with E-state index in [0.717, 1.165) is 59.8 Å². The van der Waals surface area contributed by atoms with Crippen LogP contribution < -0.4 is 15.8 Å². The highest BCUT2D eigenvalue weighted by Crippen LogP contribution is 2.33. The topological polar surface area (TPSA) is 124 Å². The number of nitrogens with zero attached hydrogens (tertiary/aromatic N) is 5. The molecule has 0 atom stereocenters. The number of hydrogen-bond donors (Lipinski definition) is 2. The Balaban J connectivity index is 1.30. The Kier molecular flexibility index (Phi) is 8.43. The maximum atomic E-state index is 6.22. The maximum Gasteiger partial charge on any atom is 0.255 e. The van der Waals surface area contributed by atoms with Gasteiger partial charge in [-0.3, -0.25) is 4.90 Å². The Morgan fingerprint density at radius 1 is 1.05 bits per heavy atom. The Morgan fingerprint density at radius 3 is 2.70 bits per heavy atom. The number of ether oxygens (including phenoxy) is 2. The molecular weight excluding hydrogens is 585 g/mol. The van der Waals surface area contributed by atoms with Gasteiger partial charge in [-0.1, -0.05) is 52.9 Å². The largest absolute Gasteiger partial charge is 0.489 e. The van der Waals surface area contributed by atoms with E-state index in [0.29, 0.717) is 30.3 Å². The number of benzene rings is 2. The molecule has 3 heterocycles. The fraction of sp³-hybridized carbons (Fsp3) is 0.308. The van der Waals surface area contributed by atoms with E-state index in [1.165, 1.54) is 6.33 Å². The predicted molar refractivity (Wildman–Crippen MR) is 149 cm³/mol. The molecule has 11 heteroatoms. The van der Waals surface area contributed by atoms with Crippen LogP contribution in [0.4, 0.5) is 17.3 Å². The van der Waals surface area contributed by atoms with Crippen molar-refractivity contribution in [3.8, 4) is 17.2 Å². The van der Waals surface area contributed by atoms with Gasteiger partial charge in [0.15, 0.2) is 0 Å². The Bertz CT molecular complexity index is 1310. The molecule has 37 heavy (non-hydrogen) atoms. The zero-order valence-electron chi connectivity index (χ0n) is 20.3. The van der Waals surface area contributed by atoms with E-state index >= 15 is 0 Å². The number of alkyl halides is 1. The van der Waals surface area contributed by atoms with Crippen LogP contribution >= 0.6 is 22.6 Å². The highest BCUT2D eigenvalue weighted by molar-refractivity contribution is 14.1. The van der Waals surface area contributed by atoms with Crippen molar-refractivity contribution in [2.45, 2.75) is 17.5 Å². The van der Waals surface area contributed by atoms with Gasteiger partial charge in [0.1, 0.15) is 35.9 Å². The van der Waals surface area contributed by atoms with Crippen LogP contribution in [-0.4, -0.2) is 57.9 Å². The van der Waals surface area contributed by atoms with E-state index in [1.807, 2.05) is 48.5 Å². The van der Waals surface area contributed by atoms with Gasteiger partial charge < -0.3 is 24.9 Å². The Labute approximate surface area is 228 Å². The summed E-state index contributed by atoms with van der Waals surface area (Å²) >= 11 is 2.33. The number of morpholine rings is 1. The van der Waals surface area contributed by atoms with E-state index in [4.69, 9.17) is 19.6 Å². The van der Waals surface area contributed by atoms with Gasteiger partial charge in [0, 0.05) is 41.7 Å². The first-order valence-corrected chi connectivity index (χ1v) is 13.6. The minimum Gasteiger partial charge on any atom is -0.489 e. The first-order valence-electron chi connectivity index (χ1n) is 12.1. The van der Waals surface area contributed by atoms with Crippen molar-refractivity contribution in [1.82, 2.24) is 25.1 Å². The second kappa shape index (κ2) is 12.3. The lowest BCUT2D eigenvalue weighted by Gasteiger charge is -2.25. The first-order chi connectivity index (χ1) is 18.2. The van der Waals surface area contributed by atoms with Crippen LogP contribution in [0.15, 0.2) is 59.3 Å². The molecule has 192 valence electrons. The van der Waals surface area contributed by atoms with Crippen LogP contribution in [0.2, 0.25) is 0 Å². The lowest BCUT2D eigenvalue weighted by atomic mass is 10.2. The predicted octanol–water partition coefficient (Wildman–Crippen LogP) is 4.24. The van der Waals surface area contributed by atoms with Gasteiger partial charge in [-0.05, 0) is 23.8 Å². The Hall–Kier alpha value is -3.29. The normalized spacial score (nSPS) is 14.0. The molecule has 0 saturated carbocycles. The summed E-state index contributed by atoms with van der Waals surface area (Å²) in [6.45, 7) is 4.65. The summed E-state index contributed by atoms with van der Waals surface area (Å²) in [5.74, 6) is 2.43. The Morgan fingerprint density at radius 2 is 1.89 bits per heavy atom. The van der Waals surface area contributed by atoms with Crippen molar-refractivity contribution in [3.63, 3.8) is 0 Å². The molecule has 1 saturated heterocycles. The molecule has 10 nitrogen and oxygen atoms in total. The fourth-order valence-corrected chi connectivity index (χ4v) is 4.61. The second-order valence-corrected chi connectivity index (χ2v) is 9.31. The average molecular weight is 613 g/mol. The van der Waals surface area contributed by atoms with E-state index in [2.05, 4.69) is 53.0 Å². The molecule has 0 spiro atoms. The van der Waals surface area contributed by atoms with Crippen molar-refractivity contribution in [3.05, 3.63) is 71.9 Å². The van der Waals surface area contributed by atoms with Crippen molar-refractivity contribution in [1.29, 1.82) is 0 Å². The molecule has 2 aromatic carbocycles. The number of anilines is 3. The third-order valence-electron chi connectivity index (χ3n) is 6.01. The SMILES string of the molecule is Nc1ncnc(Nc2ccc(OCc3ccccc3)c(CI)c2)c1-c1nnc(CCN2CCOCC2)o1. The summed E-state index contributed by atoms with van der Waals surface area (Å²) in [5.41, 5.74) is 9.72. The molecule has 4 aromatic rings. The molecule has 5 rings (SSSR count). The standard InChI is InChI=1S/C26H28IN7O3/c27-15-19-14-20(6-7-21(19)36-16-18-4-2-1-3-5-18)31-25-23(24(28)29-17-30-25)26-33-32-22(37-26)8-9-34-10-12-35-13-11-34/h1-7,14,17H,8-13,15-16H2,(H3,28,29,30,31). The number of aromatic nitrogens is 4. The summed E-state index contributed by atoms with van der Waals surface area (Å²) in [7, 11) is 0. The monoisotopic (exact) mass is 613 g/mol. The number of hydrogen-bond acceptors (Lipinski definition) is 10. The third kappa shape index (κ3) is 6.53. The lowest BCUT2D eigenvalue weighted by molar-refractivity contribution is 0.0377. The first kappa shape index (κ1) is 25.4. The minimum absolute atomic E-state index is 0.262. The molecular formula is C26H28IN7O3. The van der Waals surface area contributed by atoms with E-state index < -0.39 is 0 Å². The molecule has 0 radical (unpaired) electrons. The zero-order chi connectivity index (χ0) is 25.5. The molecule has 1 aliphatic rings. The molecule has 0 bridgehead atoms. The van der Waals surface area contributed by atoms with Gasteiger partial charge in [-0.2, -0.15) is 0 Å². The van der Waals surface area contributed by atoms with Crippen molar-refractivity contribution >= 4 is 39.9 Å². The summed E-state index contributed by atoms with van der Waals surface area (Å²) in [4.78, 5) is 10.9. The molecule has 3 N–H and O–H groups in total. The number of rotatable bonds is 10. The minimum atomic E-state index is 0.262. The molecule has 1 fully saturated rings. The molecule has 2 aromatic heterocycles. The molecule has 0 unspecified atom stereocenters. The highest BCUT2D eigenvalue weighted by Gasteiger charge is 2.20. The van der Waals surface area contributed by atoms with Gasteiger partial charge in [0.05, 0.1) is 13.2 Å². The van der Waals surface area contributed by atoms with Crippen LogP contribution in [0.1, 0.15) is 17.0 Å². The number of nitrogen functional groups attached to an aromatic ring is 1. The highest BCUT2D eigenvalue weighted by atomic mass is 127. The van der Waals surface area contributed by atoms with Gasteiger partial charge in [-0.25, -0.2) is 9.97 Å². The average Bonchev–Trinajstić information content (AvgIpc) is 3.41. The third-order valence-corrected chi connectivity index (χ3v) is 6.83. The van der Waals surface area contributed by atoms with Crippen LogP contribution in [0.5, 0.6) is 5.75 Å². The van der Waals surface area contributed by atoms with E-state index in [-0.39, 0.29) is 11.7 Å². The summed E-state index contributed by atoms with van der Waals surface area (Å²) in [6, 6.07) is 16.0. The lowest BCUT2D eigenvalue weighted by Crippen LogP contribution is -2.37. The quantitative estimate of drug-likeness (QED) is 0.198. The van der Waals surface area contributed by atoms with Crippen LogP contribution in [0, 0.1) is 0 Å². The summed E-state index contributed by atoms with van der Waals surface area (Å²) < 4.78 is 18.2. The van der Waals surface area contributed by atoms with Gasteiger partial charge in [-0.15, -0.1) is 10.2 Å². The smallest absolute Gasteiger partial charge is 0.255 e. The van der Waals surface area contributed by atoms with Crippen molar-refractivity contribution in [2.24, 2.45) is 0 Å². The fourth-order valence-electron chi connectivity index (χ4n) is 4.01. The van der Waals surface area contributed by atoms with Gasteiger partial charge in [0.2, 0.25) is 5.89 Å². The molecule has 0 aliphatic carbocycles. The van der Waals surface area contributed by atoms with Crippen molar-refractivity contribution in [2.75, 3.05) is 43.9 Å². The number of nitrogens with one attached hydrogen (secondary N) is 1. The van der Waals surface area contributed by atoms with E-state index in [9.17, 15) is 0 Å². The summed E-state index contributed by atoms with van der Waals surface area (Å²) in [6.07, 6.45) is 2.06. The van der Waals surface area contributed by atoms with Crippen LogP contribution in [0.3, 0.4) is 0 Å². The second-order valence-electron chi connectivity index (χ2n) is 8.54. The van der Waals surface area contributed by atoms with Gasteiger partial charge in [0.25, 0.3) is 5.89 Å². The number of halogens is 1.